The standard InChI is InChI=1S/C31H45NO4S/c1-5-37-23(2)19-24-7-13-30(28(20-24)26-9-11-27(34-4)12-10-26)36-22-25-8-14-31-29(21-25)32(16-18-35-31)15-6-17-33-3/h8-12,14,21,23-24,28,30H,5-7,13,15-20,22H2,1-4H3/t23-,24+,28-,30+/m1/s1. The van der Waals surface area contributed by atoms with E-state index in [2.05, 4.69) is 73.0 Å². The Kier molecular flexibility index (Phi) is 10.9. The number of fused-ring (bicyclic) bond motifs is 1. The maximum absolute atomic E-state index is 6.70. The van der Waals surface area contributed by atoms with Crippen LogP contribution in [0.2, 0.25) is 0 Å². The zero-order chi connectivity index (χ0) is 26.0. The fourth-order valence-electron chi connectivity index (χ4n) is 5.91. The number of thioether (sulfide) groups is 1. The van der Waals surface area contributed by atoms with Crippen LogP contribution in [0.25, 0.3) is 0 Å². The van der Waals surface area contributed by atoms with Gasteiger partial charge in [-0.15, -0.1) is 0 Å². The van der Waals surface area contributed by atoms with E-state index in [0.717, 1.165) is 56.6 Å². The van der Waals surface area contributed by atoms with Gasteiger partial charge in [0.15, 0.2) is 0 Å². The Morgan fingerprint density at radius 1 is 1.11 bits per heavy atom. The summed E-state index contributed by atoms with van der Waals surface area (Å²) in [6.45, 7) is 8.68. The summed E-state index contributed by atoms with van der Waals surface area (Å²) >= 11 is 2.08. The first-order valence-electron chi connectivity index (χ1n) is 14.0. The van der Waals surface area contributed by atoms with Crippen LogP contribution < -0.4 is 14.4 Å². The molecule has 0 aromatic heterocycles. The Labute approximate surface area is 228 Å². The zero-order valence-corrected chi connectivity index (χ0v) is 23.9. The Hall–Kier alpha value is -1.89. The molecule has 204 valence electrons. The van der Waals surface area contributed by atoms with Gasteiger partial charge in [-0.25, -0.2) is 0 Å². The van der Waals surface area contributed by atoms with Gasteiger partial charge in [-0.1, -0.05) is 32.0 Å². The van der Waals surface area contributed by atoms with Crippen molar-refractivity contribution in [2.24, 2.45) is 5.92 Å². The molecule has 5 nitrogen and oxygen atoms in total. The largest absolute Gasteiger partial charge is 0.497 e. The summed E-state index contributed by atoms with van der Waals surface area (Å²) in [5, 5.41) is 0.716. The van der Waals surface area contributed by atoms with Crippen molar-refractivity contribution in [3.63, 3.8) is 0 Å². The highest BCUT2D eigenvalue weighted by Gasteiger charge is 2.33. The van der Waals surface area contributed by atoms with E-state index in [9.17, 15) is 0 Å². The first kappa shape index (κ1) is 28.1. The number of nitrogens with zero attached hydrogens (tertiary/aromatic N) is 1. The predicted octanol–water partition coefficient (Wildman–Crippen LogP) is 6.93. The van der Waals surface area contributed by atoms with Crippen LogP contribution in [0.15, 0.2) is 42.5 Å². The highest BCUT2D eigenvalue weighted by molar-refractivity contribution is 7.99. The monoisotopic (exact) mass is 527 g/mol. The minimum Gasteiger partial charge on any atom is -0.497 e. The summed E-state index contributed by atoms with van der Waals surface area (Å²) in [4.78, 5) is 2.42. The number of rotatable bonds is 13. The molecule has 2 aromatic rings. The van der Waals surface area contributed by atoms with Crippen molar-refractivity contribution in [3.8, 4) is 11.5 Å². The molecule has 1 heterocycles. The molecule has 0 bridgehead atoms. The van der Waals surface area contributed by atoms with Crippen molar-refractivity contribution >= 4 is 17.4 Å². The van der Waals surface area contributed by atoms with Crippen molar-refractivity contribution in [3.05, 3.63) is 53.6 Å². The molecule has 37 heavy (non-hydrogen) atoms. The van der Waals surface area contributed by atoms with Gasteiger partial charge in [0.1, 0.15) is 18.1 Å². The molecule has 0 unspecified atom stereocenters. The van der Waals surface area contributed by atoms with E-state index in [-0.39, 0.29) is 6.10 Å². The van der Waals surface area contributed by atoms with E-state index in [4.69, 9.17) is 18.9 Å². The van der Waals surface area contributed by atoms with Crippen molar-refractivity contribution in [1.29, 1.82) is 0 Å². The second kappa shape index (κ2) is 14.3. The molecule has 4 atom stereocenters. The molecule has 0 amide bonds. The molecule has 1 aliphatic heterocycles. The van der Waals surface area contributed by atoms with Crippen LogP contribution in [0.3, 0.4) is 0 Å². The second-order valence-electron chi connectivity index (χ2n) is 10.4. The van der Waals surface area contributed by atoms with E-state index < -0.39 is 0 Å². The van der Waals surface area contributed by atoms with Gasteiger partial charge in [0.05, 0.1) is 32.1 Å². The molecule has 0 radical (unpaired) electrons. The van der Waals surface area contributed by atoms with Gasteiger partial charge >= 0.3 is 0 Å². The number of methoxy groups -OCH3 is 2. The lowest BCUT2D eigenvalue weighted by atomic mass is 9.74. The lowest BCUT2D eigenvalue weighted by Crippen LogP contribution is -2.34. The molecule has 0 saturated heterocycles. The van der Waals surface area contributed by atoms with Crippen molar-refractivity contribution < 1.29 is 18.9 Å². The van der Waals surface area contributed by atoms with Crippen molar-refractivity contribution in [2.75, 3.05) is 51.2 Å². The Morgan fingerprint density at radius 2 is 1.95 bits per heavy atom. The third-order valence-electron chi connectivity index (χ3n) is 7.78. The minimum absolute atomic E-state index is 0.226. The third-order valence-corrected chi connectivity index (χ3v) is 8.87. The highest BCUT2D eigenvalue weighted by Crippen LogP contribution is 2.42. The quantitative estimate of drug-likeness (QED) is 0.263. The molecule has 6 heteroatoms. The summed E-state index contributed by atoms with van der Waals surface area (Å²) < 4.78 is 23.3. The summed E-state index contributed by atoms with van der Waals surface area (Å²) in [5.74, 6) is 4.24. The van der Waals surface area contributed by atoms with Gasteiger partial charge < -0.3 is 23.8 Å². The SMILES string of the molecule is CCS[C@H](C)C[C@@H]1CC[C@H](OCc2ccc3c(c2)N(CCCOC)CCO3)[C@@H](c2ccc(OC)cc2)C1. The normalized spacial score (nSPS) is 22.3. The number of hydrogen-bond acceptors (Lipinski definition) is 6. The van der Waals surface area contributed by atoms with Crippen LogP contribution in [0.1, 0.15) is 63.0 Å². The van der Waals surface area contributed by atoms with Crippen LogP contribution in [-0.4, -0.2) is 57.6 Å². The maximum atomic E-state index is 6.70. The van der Waals surface area contributed by atoms with Crippen molar-refractivity contribution in [2.45, 2.75) is 69.8 Å². The van der Waals surface area contributed by atoms with Gasteiger partial charge in [-0.2, -0.15) is 11.8 Å². The van der Waals surface area contributed by atoms with E-state index in [0.29, 0.717) is 17.8 Å². The second-order valence-corrected chi connectivity index (χ2v) is 12.1. The number of anilines is 1. The van der Waals surface area contributed by atoms with E-state index in [1.54, 1.807) is 14.2 Å². The topological polar surface area (TPSA) is 40.2 Å². The first-order chi connectivity index (χ1) is 18.1. The van der Waals surface area contributed by atoms with E-state index >= 15 is 0 Å². The molecule has 1 fully saturated rings. The van der Waals surface area contributed by atoms with Crippen LogP contribution in [-0.2, 0) is 16.1 Å². The molecule has 2 aliphatic rings. The molecular weight excluding hydrogens is 482 g/mol. The molecular formula is C31H45NO4S. The molecule has 1 aliphatic carbocycles. The third kappa shape index (κ3) is 7.81. The van der Waals surface area contributed by atoms with Crippen LogP contribution >= 0.6 is 11.8 Å². The van der Waals surface area contributed by atoms with Gasteiger partial charge in [0, 0.05) is 31.4 Å². The summed E-state index contributed by atoms with van der Waals surface area (Å²) in [7, 11) is 3.49. The summed E-state index contributed by atoms with van der Waals surface area (Å²) in [6, 6.07) is 15.2. The molecule has 2 aromatic carbocycles. The van der Waals surface area contributed by atoms with Gasteiger partial charge in [0.25, 0.3) is 0 Å². The Bertz CT molecular complexity index is 953. The maximum Gasteiger partial charge on any atom is 0.142 e. The smallest absolute Gasteiger partial charge is 0.142 e. The number of ether oxygens (including phenoxy) is 4. The molecule has 0 N–H and O–H groups in total. The lowest BCUT2D eigenvalue weighted by molar-refractivity contribution is -0.00924. The Balaban J connectivity index is 1.44. The zero-order valence-electron chi connectivity index (χ0n) is 23.1. The highest BCUT2D eigenvalue weighted by atomic mass is 32.2. The van der Waals surface area contributed by atoms with Crippen LogP contribution in [0.4, 0.5) is 5.69 Å². The fraction of sp³-hybridized carbons (Fsp3) is 0.613. The molecule has 4 rings (SSSR count). The average Bonchev–Trinajstić information content (AvgIpc) is 2.92. The van der Waals surface area contributed by atoms with Crippen LogP contribution in [0, 0.1) is 5.92 Å². The number of benzene rings is 2. The van der Waals surface area contributed by atoms with Gasteiger partial charge in [0.2, 0.25) is 0 Å². The molecule has 1 saturated carbocycles. The fourth-order valence-corrected chi connectivity index (χ4v) is 6.89. The predicted molar refractivity (Wildman–Crippen MR) is 155 cm³/mol. The Morgan fingerprint density at radius 3 is 2.70 bits per heavy atom. The number of hydrogen-bond donors (Lipinski definition) is 0. The summed E-state index contributed by atoms with van der Waals surface area (Å²) in [5.41, 5.74) is 3.76. The lowest BCUT2D eigenvalue weighted by Gasteiger charge is -2.37. The van der Waals surface area contributed by atoms with E-state index in [1.165, 1.54) is 41.8 Å². The van der Waals surface area contributed by atoms with Gasteiger partial charge in [-0.05, 0) is 79.2 Å². The minimum atomic E-state index is 0.226. The average molecular weight is 528 g/mol. The van der Waals surface area contributed by atoms with Crippen molar-refractivity contribution in [1.82, 2.24) is 0 Å². The first-order valence-corrected chi connectivity index (χ1v) is 15.0. The molecule has 0 spiro atoms. The van der Waals surface area contributed by atoms with Crippen LogP contribution in [0.5, 0.6) is 11.5 Å². The summed E-state index contributed by atoms with van der Waals surface area (Å²) in [6.07, 6.45) is 6.08. The van der Waals surface area contributed by atoms with E-state index in [1.807, 2.05) is 0 Å². The van der Waals surface area contributed by atoms with Gasteiger partial charge in [-0.3, -0.25) is 0 Å².